The molecule has 0 radical (unpaired) electrons. The zero-order valence-electron chi connectivity index (χ0n) is 17.1. The highest BCUT2D eigenvalue weighted by Gasteiger charge is 2.27. The maximum absolute atomic E-state index is 6.38. The van der Waals surface area contributed by atoms with Crippen LogP contribution in [-0.4, -0.2) is 14.2 Å². The van der Waals surface area contributed by atoms with Gasteiger partial charge in [-0.2, -0.15) is 0 Å². The van der Waals surface area contributed by atoms with Crippen LogP contribution in [-0.2, 0) is 31.0 Å². The average molecular weight is 407 g/mol. The Bertz CT molecular complexity index is 827. The Balaban J connectivity index is 2.33. The first kappa shape index (κ1) is 20.4. The first-order valence-corrected chi connectivity index (χ1v) is 10.4. The highest BCUT2D eigenvalue weighted by atomic mass is 35.5. The van der Waals surface area contributed by atoms with Crippen molar-refractivity contribution < 1.29 is 9.47 Å². The molecule has 3 rings (SSSR count). The van der Waals surface area contributed by atoms with Gasteiger partial charge in [-0.05, 0) is 103 Å². The van der Waals surface area contributed by atoms with Gasteiger partial charge < -0.3 is 9.47 Å². The second-order valence-electron chi connectivity index (χ2n) is 7.38. The van der Waals surface area contributed by atoms with Gasteiger partial charge in [-0.25, -0.2) is 0 Å². The quantitative estimate of drug-likeness (QED) is 0.570. The van der Waals surface area contributed by atoms with Crippen molar-refractivity contribution in [1.82, 2.24) is 0 Å². The number of hydrogen-bond acceptors (Lipinski definition) is 2. The van der Waals surface area contributed by atoms with Crippen LogP contribution in [0.15, 0.2) is 0 Å². The van der Waals surface area contributed by atoms with Crippen LogP contribution in [0, 0.1) is 27.7 Å². The fourth-order valence-corrected chi connectivity index (χ4v) is 5.59. The van der Waals surface area contributed by atoms with E-state index in [4.69, 9.17) is 32.7 Å². The highest BCUT2D eigenvalue weighted by molar-refractivity contribution is 6.17. The normalized spacial score (nSPS) is 13.0. The van der Waals surface area contributed by atoms with Gasteiger partial charge in [0.05, 0.1) is 14.2 Å². The van der Waals surface area contributed by atoms with E-state index >= 15 is 0 Å². The summed E-state index contributed by atoms with van der Waals surface area (Å²) in [6.45, 7) is 8.56. The van der Waals surface area contributed by atoms with Gasteiger partial charge in [0.15, 0.2) is 0 Å². The van der Waals surface area contributed by atoms with Crippen LogP contribution in [0.1, 0.15) is 55.6 Å². The molecule has 0 spiro atoms. The zero-order valence-corrected chi connectivity index (χ0v) is 18.6. The summed E-state index contributed by atoms with van der Waals surface area (Å²) in [6, 6.07) is 0. The number of hydrogen-bond donors (Lipinski definition) is 0. The summed E-state index contributed by atoms with van der Waals surface area (Å²) in [5.41, 5.74) is 12.7. The van der Waals surface area contributed by atoms with Crippen LogP contribution in [0.5, 0.6) is 11.5 Å². The van der Waals surface area contributed by atoms with Crippen LogP contribution in [0.25, 0.3) is 0 Å². The Hall–Kier alpha value is -1.38. The van der Waals surface area contributed by atoms with Crippen molar-refractivity contribution in [2.24, 2.45) is 0 Å². The highest BCUT2D eigenvalue weighted by Crippen LogP contribution is 2.42. The molecule has 0 atom stereocenters. The molecule has 0 saturated heterocycles. The van der Waals surface area contributed by atoms with E-state index in [0.29, 0.717) is 11.8 Å². The van der Waals surface area contributed by atoms with Crippen LogP contribution in [0.4, 0.5) is 0 Å². The summed E-state index contributed by atoms with van der Waals surface area (Å²) >= 11 is 12.8. The van der Waals surface area contributed by atoms with Gasteiger partial charge in [0.25, 0.3) is 0 Å². The second-order valence-corrected chi connectivity index (χ2v) is 7.92. The van der Waals surface area contributed by atoms with Crippen molar-refractivity contribution in [3.05, 3.63) is 55.6 Å². The molecule has 0 saturated carbocycles. The van der Waals surface area contributed by atoms with Gasteiger partial charge in [-0.1, -0.05) is 0 Å². The molecule has 0 aromatic heterocycles. The van der Waals surface area contributed by atoms with Crippen LogP contribution in [0.2, 0.25) is 0 Å². The largest absolute Gasteiger partial charge is 0.496 e. The van der Waals surface area contributed by atoms with Gasteiger partial charge in [-0.15, -0.1) is 23.2 Å². The third-order valence-electron chi connectivity index (χ3n) is 6.28. The minimum absolute atomic E-state index is 0.505. The van der Waals surface area contributed by atoms with Crippen molar-refractivity contribution in [2.45, 2.75) is 58.7 Å². The molecule has 2 aromatic rings. The Morgan fingerprint density at radius 1 is 0.630 bits per heavy atom. The molecule has 0 fully saturated rings. The molecular formula is C23H28Cl2O2. The van der Waals surface area contributed by atoms with E-state index in [-0.39, 0.29) is 0 Å². The lowest BCUT2D eigenvalue weighted by atomic mass is 9.87. The smallest absolute Gasteiger partial charge is 0.125 e. The summed E-state index contributed by atoms with van der Waals surface area (Å²) in [4.78, 5) is 0. The molecule has 0 amide bonds. The fourth-order valence-electron chi connectivity index (χ4n) is 4.86. The lowest BCUT2D eigenvalue weighted by molar-refractivity contribution is 0.406. The molecule has 0 unspecified atom stereocenters. The first-order chi connectivity index (χ1) is 12.9. The lowest BCUT2D eigenvalue weighted by Crippen LogP contribution is -2.08. The Labute approximate surface area is 172 Å². The molecule has 2 aromatic carbocycles. The molecule has 1 aliphatic carbocycles. The summed E-state index contributed by atoms with van der Waals surface area (Å²) in [5.74, 6) is 2.93. The molecule has 1 aliphatic rings. The first-order valence-electron chi connectivity index (χ1n) is 9.38. The van der Waals surface area contributed by atoms with Crippen LogP contribution < -0.4 is 9.47 Å². The number of ether oxygens (including phenoxy) is 2. The Morgan fingerprint density at radius 3 is 1.30 bits per heavy atom. The van der Waals surface area contributed by atoms with Gasteiger partial charge in [0, 0.05) is 11.8 Å². The summed E-state index contributed by atoms with van der Waals surface area (Å²) in [7, 11) is 3.49. The van der Waals surface area contributed by atoms with Crippen molar-refractivity contribution in [1.29, 1.82) is 0 Å². The van der Waals surface area contributed by atoms with E-state index in [1.807, 2.05) is 0 Å². The molecule has 2 nitrogen and oxygen atoms in total. The number of methoxy groups -OCH3 is 2. The topological polar surface area (TPSA) is 18.5 Å². The van der Waals surface area contributed by atoms with E-state index in [0.717, 1.165) is 41.9 Å². The van der Waals surface area contributed by atoms with E-state index in [1.54, 1.807) is 14.2 Å². The molecule has 0 N–H and O–H groups in total. The number of benzene rings is 2. The molecule has 4 heteroatoms. The number of alkyl halides is 2. The number of fused-ring (bicyclic) bond motifs is 2. The van der Waals surface area contributed by atoms with Crippen molar-refractivity contribution >= 4 is 23.2 Å². The Morgan fingerprint density at radius 2 is 1.00 bits per heavy atom. The second kappa shape index (κ2) is 7.93. The van der Waals surface area contributed by atoms with Crippen molar-refractivity contribution in [3.8, 4) is 11.5 Å². The third-order valence-corrected chi connectivity index (χ3v) is 6.82. The number of halogens is 2. The van der Waals surface area contributed by atoms with E-state index in [9.17, 15) is 0 Å². The summed E-state index contributed by atoms with van der Waals surface area (Å²) in [5, 5.41) is 0. The van der Waals surface area contributed by atoms with Gasteiger partial charge >= 0.3 is 0 Å². The average Bonchev–Trinajstić information content (AvgIpc) is 2.84. The molecule has 27 heavy (non-hydrogen) atoms. The van der Waals surface area contributed by atoms with Crippen LogP contribution in [0.3, 0.4) is 0 Å². The lowest BCUT2D eigenvalue weighted by Gasteiger charge is -2.22. The number of rotatable bonds is 4. The molecule has 0 heterocycles. The molecular weight excluding hydrogens is 379 g/mol. The molecule has 0 aliphatic heterocycles. The van der Waals surface area contributed by atoms with Gasteiger partial charge in [0.2, 0.25) is 0 Å². The van der Waals surface area contributed by atoms with Gasteiger partial charge in [-0.3, -0.25) is 0 Å². The Kier molecular flexibility index (Phi) is 5.98. The summed E-state index contributed by atoms with van der Waals surface area (Å²) < 4.78 is 11.5. The predicted octanol–water partition coefficient (Wildman–Crippen LogP) is 6.10. The minimum Gasteiger partial charge on any atom is -0.496 e. The van der Waals surface area contributed by atoms with Crippen molar-refractivity contribution in [3.63, 3.8) is 0 Å². The maximum atomic E-state index is 6.38. The predicted molar refractivity (Wildman–Crippen MR) is 114 cm³/mol. The maximum Gasteiger partial charge on any atom is 0.125 e. The monoisotopic (exact) mass is 406 g/mol. The van der Waals surface area contributed by atoms with E-state index < -0.39 is 0 Å². The molecule has 0 bridgehead atoms. The van der Waals surface area contributed by atoms with E-state index in [2.05, 4.69) is 27.7 Å². The fraction of sp³-hybridized carbons (Fsp3) is 0.478. The van der Waals surface area contributed by atoms with E-state index in [1.165, 1.54) is 44.5 Å². The van der Waals surface area contributed by atoms with Crippen LogP contribution >= 0.6 is 23.2 Å². The SMILES string of the molecule is COc1c(C)c(CCl)c2c(c1C)Cc1c(C)c(OC)c(C)c(CCl)c1CC2. The van der Waals surface area contributed by atoms with Gasteiger partial charge in [0.1, 0.15) is 11.5 Å². The minimum atomic E-state index is 0.505. The standard InChI is InChI=1S/C23H28Cl2O2/c1-12-18-9-19-13(2)23(27-6)15(4)21(11-25)17(19)8-7-16(18)20(10-24)14(3)22(12)26-5/h7-11H2,1-6H3. The third kappa shape index (κ3) is 3.11. The summed E-state index contributed by atoms with van der Waals surface area (Å²) in [6.07, 6.45) is 2.82. The van der Waals surface area contributed by atoms with Crippen molar-refractivity contribution in [2.75, 3.05) is 14.2 Å². The zero-order chi connectivity index (χ0) is 19.9. The molecule has 146 valence electrons.